The summed E-state index contributed by atoms with van der Waals surface area (Å²) in [6.07, 6.45) is 9.32. The highest BCUT2D eigenvalue weighted by Crippen LogP contribution is 2.26. The predicted octanol–water partition coefficient (Wildman–Crippen LogP) is 6.48. The van der Waals surface area contributed by atoms with Gasteiger partial charge in [0, 0.05) is 22.3 Å². The summed E-state index contributed by atoms with van der Waals surface area (Å²) < 4.78 is 2.05. The molecule has 0 saturated heterocycles. The summed E-state index contributed by atoms with van der Waals surface area (Å²) in [4.78, 5) is 0. The smallest absolute Gasteiger partial charge is 0.0549 e. The highest BCUT2D eigenvalue weighted by molar-refractivity contribution is 6.30. The van der Waals surface area contributed by atoms with Crippen LogP contribution in [-0.2, 0) is 0 Å². The van der Waals surface area contributed by atoms with Crippen LogP contribution < -0.4 is 5.73 Å². The Morgan fingerprint density at radius 2 is 1.96 bits per heavy atom. The fraction of sp³-hybridized carbons (Fsp3) is 0.227. The zero-order valence-electron chi connectivity index (χ0n) is 14.5. The van der Waals surface area contributed by atoms with Gasteiger partial charge in [0.15, 0.2) is 0 Å². The number of hydrogen-bond acceptors (Lipinski definition) is 1. The Balaban J connectivity index is 1.64. The van der Waals surface area contributed by atoms with E-state index in [0.29, 0.717) is 5.92 Å². The third kappa shape index (κ3) is 4.17. The summed E-state index contributed by atoms with van der Waals surface area (Å²) in [6, 6.07) is 16.2. The second-order valence-electron chi connectivity index (χ2n) is 6.24. The van der Waals surface area contributed by atoms with E-state index in [1.165, 1.54) is 5.56 Å². The van der Waals surface area contributed by atoms with Gasteiger partial charge in [-0.05, 0) is 67.2 Å². The van der Waals surface area contributed by atoms with Crippen LogP contribution in [-0.4, -0.2) is 4.57 Å². The molecule has 3 rings (SSSR count). The summed E-state index contributed by atoms with van der Waals surface area (Å²) in [5.74, 6) is 0.558. The van der Waals surface area contributed by atoms with Crippen molar-refractivity contribution in [1.29, 1.82) is 0 Å². The SMILES string of the molecule is CCC(CCC=C=Cn1ccc2c(N)cccc21)c1ccc(Cl)cc1. The molecule has 2 nitrogen and oxygen atoms in total. The second-order valence-corrected chi connectivity index (χ2v) is 6.67. The van der Waals surface area contributed by atoms with Crippen molar-refractivity contribution in [3.05, 3.63) is 77.1 Å². The molecule has 25 heavy (non-hydrogen) atoms. The van der Waals surface area contributed by atoms with Gasteiger partial charge < -0.3 is 10.3 Å². The lowest BCUT2D eigenvalue weighted by atomic mass is 9.92. The summed E-state index contributed by atoms with van der Waals surface area (Å²) in [7, 11) is 0. The van der Waals surface area contributed by atoms with Crippen LogP contribution in [0.1, 0.15) is 37.7 Å². The van der Waals surface area contributed by atoms with E-state index in [1.54, 1.807) is 0 Å². The van der Waals surface area contributed by atoms with E-state index in [0.717, 1.165) is 40.9 Å². The molecule has 0 spiro atoms. The standard InChI is InChI=1S/C22H23ClN2/c1-2-17(18-10-12-19(23)13-11-18)7-4-3-5-15-25-16-14-20-21(24)8-6-9-22(20)25/h3,6,8-17H,2,4,7,24H2,1H3. The minimum atomic E-state index is 0.558. The topological polar surface area (TPSA) is 30.9 Å². The molecule has 0 bridgehead atoms. The lowest BCUT2D eigenvalue weighted by Crippen LogP contribution is -1.96. The monoisotopic (exact) mass is 350 g/mol. The molecule has 1 aromatic heterocycles. The van der Waals surface area contributed by atoms with E-state index >= 15 is 0 Å². The van der Waals surface area contributed by atoms with Gasteiger partial charge in [-0.15, -0.1) is 5.73 Å². The summed E-state index contributed by atoms with van der Waals surface area (Å²) >= 11 is 5.97. The predicted molar refractivity (Wildman–Crippen MR) is 109 cm³/mol. The first-order valence-corrected chi connectivity index (χ1v) is 9.08. The third-order valence-corrected chi connectivity index (χ3v) is 4.87. The normalized spacial score (nSPS) is 11.9. The van der Waals surface area contributed by atoms with Gasteiger partial charge in [0.05, 0.1) is 11.7 Å². The molecule has 2 N–H and O–H groups in total. The van der Waals surface area contributed by atoms with Crippen LogP contribution in [0.3, 0.4) is 0 Å². The molecule has 0 radical (unpaired) electrons. The van der Waals surface area contributed by atoms with Crippen molar-refractivity contribution in [1.82, 2.24) is 4.57 Å². The Morgan fingerprint density at radius 1 is 1.16 bits per heavy atom. The van der Waals surface area contributed by atoms with Crippen molar-refractivity contribution in [2.24, 2.45) is 0 Å². The number of allylic oxidation sites excluding steroid dienone is 1. The Bertz CT molecular complexity index is 899. The van der Waals surface area contributed by atoms with Crippen molar-refractivity contribution in [2.45, 2.75) is 32.1 Å². The van der Waals surface area contributed by atoms with Gasteiger partial charge in [0.1, 0.15) is 0 Å². The molecular weight excluding hydrogens is 328 g/mol. The number of fused-ring (bicyclic) bond motifs is 1. The zero-order valence-corrected chi connectivity index (χ0v) is 15.2. The molecule has 128 valence electrons. The van der Waals surface area contributed by atoms with Crippen LogP contribution in [0.15, 0.2) is 66.5 Å². The number of rotatable bonds is 6. The van der Waals surface area contributed by atoms with Gasteiger partial charge in [-0.2, -0.15) is 0 Å². The van der Waals surface area contributed by atoms with Crippen molar-refractivity contribution >= 4 is 34.4 Å². The maximum Gasteiger partial charge on any atom is 0.0549 e. The van der Waals surface area contributed by atoms with Crippen LogP contribution in [0.25, 0.3) is 17.1 Å². The van der Waals surface area contributed by atoms with Crippen molar-refractivity contribution < 1.29 is 0 Å². The molecular formula is C22H23ClN2. The number of nitrogens with zero attached hydrogens (tertiary/aromatic N) is 1. The molecule has 3 aromatic rings. The molecule has 1 heterocycles. The maximum absolute atomic E-state index is 6.00. The first kappa shape index (κ1) is 17.4. The van der Waals surface area contributed by atoms with E-state index in [-0.39, 0.29) is 0 Å². The Hall–Kier alpha value is -2.41. The molecule has 0 saturated carbocycles. The van der Waals surface area contributed by atoms with E-state index < -0.39 is 0 Å². The maximum atomic E-state index is 6.00. The number of aromatic nitrogens is 1. The summed E-state index contributed by atoms with van der Waals surface area (Å²) in [6.45, 7) is 2.23. The van der Waals surface area contributed by atoms with Gasteiger partial charge in [0.25, 0.3) is 0 Å². The summed E-state index contributed by atoms with van der Waals surface area (Å²) in [5.41, 5.74) is 12.6. The molecule has 0 amide bonds. The van der Waals surface area contributed by atoms with Gasteiger partial charge in [-0.25, -0.2) is 0 Å². The van der Waals surface area contributed by atoms with Crippen LogP contribution in [0.5, 0.6) is 0 Å². The van der Waals surface area contributed by atoms with Crippen LogP contribution in [0, 0.1) is 0 Å². The van der Waals surface area contributed by atoms with Gasteiger partial charge in [-0.3, -0.25) is 0 Å². The number of hydrogen-bond donors (Lipinski definition) is 1. The average molecular weight is 351 g/mol. The lowest BCUT2D eigenvalue weighted by Gasteiger charge is -2.13. The summed E-state index contributed by atoms with van der Waals surface area (Å²) in [5, 5.41) is 1.87. The molecule has 0 fully saturated rings. The fourth-order valence-electron chi connectivity index (χ4n) is 3.17. The molecule has 3 heteroatoms. The van der Waals surface area contributed by atoms with Crippen LogP contribution in [0.4, 0.5) is 5.69 Å². The first-order valence-electron chi connectivity index (χ1n) is 8.70. The van der Waals surface area contributed by atoms with Crippen molar-refractivity contribution in [2.75, 3.05) is 5.73 Å². The number of benzene rings is 2. The van der Waals surface area contributed by atoms with E-state index in [4.69, 9.17) is 17.3 Å². The average Bonchev–Trinajstić information content (AvgIpc) is 3.04. The minimum Gasteiger partial charge on any atom is -0.398 e. The highest BCUT2D eigenvalue weighted by Gasteiger charge is 2.07. The number of nitrogens with two attached hydrogens (primary N) is 1. The highest BCUT2D eigenvalue weighted by atomic mass is 35.5. The second kappa shape index (κ2) is 8.11. The van der Waals surface area contributed by atoms with Crippen LogP contribution in [0.2, 0.25) is 5.02 Å². The zero-order chi connectivity index (χ0) is 17.6. The van der Waals surface area contributed by atoms with Gasteiger partial charge >= 0.3 is 0 Å². The quantitative estimate of drug-likeness (QED) is 0.400. The molecule has 0 aliphatic carbocycles. The van der Waals surface area contributed by atoms with Crippen LogP contribution >= 0.6 is 11.6 Å². The Kier molecular flexibility index (Phi) is 5.65. The Morgan fingerprint density at radius 3 is 2.72 bits per heavy atom. The molecule has 0 aliphatic heterocycles. The van der Waals surface area contributed by atoms with Gasteiger partial charge in [-0.1, -0.05) is 36.7 Å². The largest absolute Gasteiger partial charge is 0.398 e. The van der Waals surface area contributed by atoms with E-state index in [2.05, 4.69) is 41.5 Å². The van der Waals surface area contributed by atoms with Crippen molar-refractivity contribution in [3.8, 4) is 0 Å². The molecule has 0 aliphatic rings. The Labute approximate surface area is 154 Å². The third-order valence-electron chi connectivity index (χ3n) is 4.62. The van der Waals surface area contributed by atoms with Gasteiger partial charge in [0.2, 0.25) is 0 Å². The minimum absolute atomic E-state index is 0.558. The van der Waals surface area contributed by atoms with Crippen molar-refractivity contribution in [3.63, 3.8) is 0 Å². The molecule has 2 aromatic carbocycles. The fourth-order valence-corrected chi connectivity index (χ4v) is 3.29. The first-order chi connectivity index (χ1) is 12.2. The van der Waals surface area contributed by atoms with E-state index in [1.807, 2.05) is 42.7 Å². The number of anilines is 1. The molecule has 1 unspecified atom stereocenters. The number of halogens is 1. The lowest BCUT2D eigenvalue weighted by molar-refractivity contribution is 0.613. The molecule has 1 atom stereocenters. The number of nitrogen functional groups attached to an aromatic ring is 1. The van der Waals surface area contributed by atoms with E-state index in [9.17, 15) is 0 Å².